The third-order valence-electron chi connectivity index (χ3n) is 4.43. The van der Waals surface area contributed by atoms with E-state index in [-0.39, 0.29) is 16.9 Å². The maximum Gasteiger partial charge on any atom is 0.270 e. The lowest BCUT2D eigenvalue weighted by Gasteiger charge is -2.10. The van der Waals surface area contributed by atoms with Gasteiger partial charge in [-0.2, -0.15) is 5.21 Å². The summed E-state index contributed by atoms with van der Waals surface area (Å²) >= 11 is 4.41. The number of fused-ring (bicyclic) bond motifs is 1. The highest BCUT2D eigenvalue weighted by molar-refractivity contribution is 9.06. The van der Waals surface area contributed by atoms with Gasteiger partial charge in [0, 0.05) is 10.9 Å². The largest absolute Gasteiger partial charge is 0.417 e. The first-order chi connectivity index (χ1) is 14.3. The molecule has 0 saturated heterocycles. The zero-order valence-corrected chi connectivity index (χ0v) is 17.0. The number of halogens is 1. The van der Waals surface area contributed by atoms with Gasteiger partial charge in [-0.15, -0.1) is 21.5 Å². The molecule has 0 amide bonds. The number of rotatable bonds is 4. The number of benzene rings is 2. The van der Waals surface area contributed by atoms with Gasteiger partial charge < -0.3 is 3.83 Å². The maximum absolute atomic E-state index is 13.6. The standard InChI is InChI=1S/C19H11BrN6O2S/c20-28-14-9-5-4-8-12(14)16-15(17-22-24-25-23-17)18(27)26-13(10-29-19(26)21-16)11-6-2-1-3-7-11/h1-10H,(H,22,23,24,25). The summed E-state index contributed by atoms with van der Waals surface area (Å²) in [6.45, 7) is 0. The van der Waals surface area contributed by atoms with Crippen LogP contribution in [0.25, 0.3) is 38.9 Å². The molecule has 5 rings (SSSR count). The molecular formula is C19H11BrN6O2S. The summed E-state index contributed by atoms with van der Waals surface area (Å²) < 4.78 is 6.88. The summed E-state index contributed by atoms with van der Waals surface area (Å²) in [4.78, 5) is 19.0. The normalized spacial score (nSPS) is 11.1. The van der Waals surface area contributed by atoms with Crippen LogP contribution in [-0.2, 0) is 0 Å². The highest BCUT2D eigenvalue weighted by Crippen LogP contribution is 2.35. The van der Waals surface area contributed by atoms with Crippen LogP contribution in [0.2, 0.25) is 0 Å². The van der Waals surface area contributed by atoms with Crippen LogP contribution in [0.5, 0.6) is 5.75 Å². The molecule has 0 bridgehead atoms. The molecule has 2 aromatic carbocycles. The first-order valence-electron chi connectivity index (χ1n) is 8.49. The molecule has 5 aromatic rings. The third-order valence-corrected chi connectivity index (χ3v) is 5.61. The van der Waals surface area contributed by atoms with E-state index in [1.807, 2.05) is 53.9 Å². The number of tetrazole rings is 1. The highest BCUT2D eigenvalue weighted by atomic mass is 79.9. The lowest BCUT2D eigenvalue weighted by atomic mass is 10.1. The lowest BCUT2D eigenvalue weighted by Crippen LogP contribution is -2.19. The molecule has 0 unspecified atom stereocenters. The Balaban J connectivity index is 1.88. The fourth-order valence-electron chi connectivity index (χ4n) is 3.15. The monoisotopic (exact) mass is 466 g/mol. The van der Waals surface area contributed by atoms with E-state index in [0.29, 0.717) is 22.0 Å². The van der Waals surface area contributed by atoms with Crippen LogP contribution in [0.3, 0.4) is 0 Å². The third kappa shape index (κ3) is 2.93. The molecule has 0 aliphatic carbocycles. The smallest absolute Gasteiger partial charge is 0.270 e. The summed E-state index contributed by atoms with van der Waals surface area (Å²) in [5.41, 5.74) is 2.69. The second-order valence-corrected chi connectivity index (χ2v) is 7.21. The van der Waals surface area contributed by atoms with Crippen molar-refractivity contribution in [3.8, 4) is 39.7 Å². The van der Waals surface area contributed by atoms with Gasteiger partial charge in [-0.25, -0.2) is 4.98 Å². The molecule has 3 aromatic heterocycles. The van der Waals surface area contributed by atoms with E-state index in [1.165, 1.54) is 11.3 Å². The molecule has 0 aliphatic heterocycles. The van der Waals surface area contributed by atoms with E-state index in [4.69, 9.17) is 8.81 Å². The summed E-state index contributed by atoms with van der Waals surface area (Å²) in [5, 5.41) is 16.0. The minimum Gasteiger partial charge on any atom is -0.417 e. The molecule has 0 atom stereocenters. The van der Waals surface area contributed by atoms with Crippen LogP contribution in [-0.4, -0.2) is 30.0 Å². The number of aromatic nitrogens is 6. The van der Waals surface area contributed by atoms with E-state index < -0.39 is 0 Å². The van der Waals surface area contributed by atoms with Crippen molar-refractivity contribution in [2.24, 2.45) is 0 Å². The Kier molecular flexibility index (Phi) is 4.41. The quantitative estimate of drug-likeness (QED) is 0.430. The molecule has 29 heavy (non-hydrogen) atoms. The molecule has 0 fully saturated rings. The number of nitrogens with one attached hydrogen (secondary N) is 1. The summed E-state index contributed by atoms with van der Waals surface area (Å²) in [5.74, 6) is 0.690. The molecule has 142 valence electrons. The molecule has 10 heteroatoms. The predicted molar refractivity (Wildman–Crippen MR) is 113 cm³/mol. The van der Waals surface area contributed by atoms with Crippen molar-refractivity contribution in [1.29, 1.82) is 0 Å². The Labute approximate surface area is 176 Å². The predicted octanol–water partition coefficient (Wildman–Crippen LogP) is 3.96. The highest BCUT2D eigenvalue weighted by Gasteiger charge is 2.24. The minimum absolute atomic E-state index is 0.168. The van der Waals surface area contributed by atoms with Gasteiger partial charge in [-0.05, 0) is 22.9 Å². The van der Waals surface area contributed by atoms with Crippen LogP contribution < -0.4 is 9.39 Å². The van der Waals surface area contributed by atoms with Crippen LogP contribution >= 0.6 is 27.6 Å². The molecule has 3 heterocycles. The summed E-state index contributed by atoms with van der Waals surface area (Å²) in [7, 11) is 0. The Morgan fingerprint density at radius 2 is 1.86 bits per heavy atom. The number of hydrogen-bond acceptors (Lipinski definition) is 7. The summed E-state index contributed by atoms with van der Waals surface area (Å²) in [6.07, 6.45) is 0. The van der Waals surface area contributed by atoms with Crippen molar-refractivity contribution in [1.82, 2.24) is 30.0 Å². The number of thiazole rings is 1. The van der Waals surface area contributed by atoms with Gasteiger partial charge in [0.1, 0.15) is 11.3 Å². The van der Waals surface area contributed by atoms with Crippen LogP contribution in [0, 0.1) is 0 Å². The average molecular weight is 467 g/mol. The number of nitrogens with zero attached hydrogens (tertiary/aromatic N) is 5. The molecule has 0 aliphatic rings. The van der Waals surface area contributed by atoms with E-state index >= 15 is 0 Å². The van der Waals surface area contributed by atoms with Crippen molar-refractivity contribution in [2.75, 3.05) is 0 Å². The molecular weight excluding hydrogens is 456 g/mol. The molecule has 8 nitrogen and oxygen atoms in total. The van der Waals surface area contributed by atoms with Crippen molar-refractivity contribution in [2.45, 2.75) is 0 Å². The second-order valence-electron chi connectivity index (χ2n) is 6.05. The fraction of sp³-hybridized carbons (Fsp3) is 0. The Hall–Kier alpha value is -3.37. The van der Waals surface area contributed by atoms with Gasteiger partial charge in [-0.1, -0.05) is 42.5 Å². The van der Waals surface area contributed by atoms with Gasteiger partial charge in [0.25, 0.3) is 5.56 Å². The van der Waals surface area contributed by atoms with E-state index in [2.05, 4.69) is 36.9 Å². The van der Waals surface area contributed by atoms with E-state index in [1.54, 1.807) is 10.5 Å². The van der Waals surface area contributed by atoms with Gasteiger partial charge in [0.05, 0.1) is 11.4 Å². The van der Waals surface area contributed by atoms with Crippen molar-refractivity contribution in [3.63, 3.8) is 0 Å². The second kappa shape index (κ2) is 7.22. The summed E-state index contributed by atoms with van der Waals surface area (Å²) in [6, 6.07) is 17.0. The lowest BCUT2D eigenvalue weighted by molar-refractivity contribution is 0.680. The number of H-pyrrole nitrogens is 1. The Bertz CT molecular complexity index is 1370. The minimum atomic E-state index is -0.282. The number of aromatic amines is 1. The van der Waals surface area contributed by atoms with Crippen LogP contribution in [0.15, 0.2) is 64.8 Å². The van der Waals surface area contributed by atoms with Crippen LogP contribution in [0.4, 0.5) is 0 Å². The van der Waals surface area contributed by atoms with Crippen molar-refractivity contribution in [3.05, 3.63) is 70.3 Å². The molecule has 0 saturated carbocycles. The Morgan fingerprint density at radius 1 is 1.07 bits per heavy atom. The fourth-order valence-corrected chi connectivity index (χ4v) is 4.33. The van der Waals surface area contributed by atoms with Crippen LogP contribution in [0.1, 0.15) is 0 Å². The number of hydrogen-bond donors (Lipinski definition) is 1. The van der Waals surface area contributed by atoms with E-state index in [9.17, 15) is 4.79 Å². The topological polar surface area (TPSA) is 98.1 Å². The Morgan fingerprint density at radius 3 is 2.62 bits per heavy atom. The van der Waals surface area contributed by atoms with E-state index in [0.717, 1.165) is 11.3 Å². The molecule has 0 radical (unpaired) electrons. The molecule has 0 spiro atoms. The van der Waals surface area contributed by atoms with Gasteiger partial charge in [0.15, 0.2) is 21.2 Å². The maximum atomic E-state index is 13.6. The molecule has 1 N–H and O–H groups in total. The van der Waals surface area contributed by atoms with Crippen molar-refractivity contribution >= 4 is 32.6 Å². The first kappa shape index (κ1) is 17.7. The van der Waals surface area contributed by atoms with Gasteiger partial charge in [0.2, 0.25) is 5.82 Å². The average Bonchev–Trinajstić information content (AvgIpc) is 3.44. The zero-order valence-electron chi connectivity index (χ0n) is 14.6. The van der Waals surface area contributed by atoms with Gasteiger partial charge in [-0.3, -0.25) is 9.20 Å². The SMILES string of the molecule is O=c1c(-c2nn[nH]n2)c(-c2ccccc2OBr)nc2scc(-c3ccccc3)n12. The zero-order chi connectivity index (χ0) is 19.8. The first-order valence-corrected chi connectivity index (χ1v) is 10.0. The van der Waals surface area contributed by atoms with Crippen molar-refractivity contribution < 1.29 is 3.83 Å². The number of para-hydroxylation sites is 1. The van der Waals surface area contributed by atoms with Gasteiger partial charge >= 0.3 is 0 Å².